The number of benzene rings is 3. The highest BCUT2D eigenvalue weighted by atomic mass is 35.5. The van der Waals surface area contributed by atoms with Crippen LogP contribution in [0.4, 0.5) is 0 Å². The average Bonchev–Trinajstić information content (AvgIpc) is 3.02. The molecule has 0 bridgehead atoms. The molecule has 0 N–H and O–H groups in total. The molecule has 4 aromatic rings. The first-order valence-corrected chi connectivity index (χ1v) is 10.3. The second-order valence-corrected chi connectivity index (χ2v) is 8.10. The second-order valence-electron chi connectivity index (χ2n) is 6.48. The van der Waals surface area contributed by atoms with E-state index in [1.807, 2.05) is 66.7 Å². The number of aromatic nitrogens is 1. The van der Waals surface area contributed by atoms with E-state index in [0.717, 1.165) is 33.5 Å². The highest BCUT2D eigenvalue weighted by molar-refractivity contribution is 7.09. The van der Waals surface area contributed by atoms with Gasteiger partial charge < -0.3 is 4.57 Å². The highest BCUT2D eigenvalue weighted by Crippen LogP contribution is 2.27. The third-order valence-electron chi connectivity index (χ3n) is 4.73. The third-order valence-corrected chi connectivity index (χ3v) is 5.98. The first-order valence-electron chi connectivity index (χ1n) is 9.11. The minimum atomic E-state index is -0.220. The van der Waals surface area contributed by atoms with Gasteiger partial charge in [0.05, 0.1) is 5.69 Å². The Morgan fingerprint density at radius 1 is 1.04 bits per heavy atom. The summed E-state index contributed by atoms with van der Waals surface area (Å²) >= 11 is 7.57. The number of amides is 1. The van der Waals surface area contributed by atoms with Crippen LogP contribution in [0, 0.1) is 6.92 Å². The predicted octanol–water partition coefficient (Wildman–Crippen LogP) is 6.09. The van der Waals surface area contributed by atoms with E-state index in [9.17, 15) is 4.79 Å². The van der Waals surface area contributed by atoms with Gasteiger partial charge in [0.25, 0.3) is 5.91 Å². The van der Waals surface area contributed by atoms with Crippen molar-refractivity contribution in [2.24, 2.45) is 4.99 Å². The number of carbonyl (C=O) groups is 1. The summed E-state index contributed by atoms with van der Waals surface area (Å²) < 4.78 is 2.09. The number of fused-ring (bicyclic) bond motifs is 1. The van der Waals surface area contributed by atoms with Crippen LogP contribution in [0.25, 0.3) is 22.0 Å². The van der Waals surface area contributed by atoms with Crippen molar-refractivity contribution in [1.29, 1.82) is 0 Å². The van der Waals surface area contributed by atoms with Gasteiger partial charge in [-0.3, -0.25) is 4.79 Å². The van der Waals surface area contributed by atoms with Crippen molar-refractivity contribution in [3.05, 3.63) is 87.0 Å². The van der Waals surface area contributed by atoms with Gasteiger partial charge in [0.2, 0.25) is 0 Å². The molecule has 3 aromatic carbocycles. The number of hydrogen-bond acceptors (Lipinski definition) is 2. The van der Waals surface area contributed by atoms with E-state index in [4.69, 9.17) is 11.6 Å². The molecule has 0 radical (unpaired) electrons. The molecule has 140 valence electrons. The molecule has 0 fully saturated rings. The molecule has 0 atom stereocenters. The lowest BCUT2D eigenvalue weighted by atomic mass is 10.0. The Kier molecular flexibility index (Phi) is 5.16. The van der Waals surface area contributed by atoms with Gasteiger partial charge in [-0.15, -0.1) is 11.3 Å². The number of thiazole rings is 1. The molecule has 5 heteroatoms. The van der Waals surface area contributed by atoms with Crippen LogP contribution in [-0.2, 0) is 6.54 Å². The van der Waals surface area contributed by atoms with Crippen LogP contribution in [0.5, 0.6) is 0 Å². The van der Waals surface area contributed by atoms with Crippen LogP contribution in [0.15, 0.2) is 71.7 Å². The molecule has 28 heavy (non-hydrogen) atoms. The number of nitrogens with zero attached hydrogens (tertiary/aromatic N) is 2. The topological polar surface area (TPSA) is 34.4 Å². The fourth-order valence-corrected chi connectivity index (χ4v) is 4.61. The van der Waals surface area contributed by atoms with Gasteiger partial charge in [0.1, 0.15) is 0 Å². The summed E-state index contributed by atoms with van der Waals surface area (Å²) in [7, 11) is 0. The van der Waals surface area contributed by atoms with Crippen molar-refractivity contribution in [3.63, 3.8) is 0 Å². The number of carbonyl (C=O) groups excluding carboxylic acids is 1. The van der Waals surface area contributed by atoms with Crippen LogP contribution >= 0.6 is 22.9 Å². The number of aryl methyl sites for hydroxylation is 1. The summed E-state index contributed by atoms with van der Waals surface area (Å²) in [6.45, 7) is 4.85. The SMILES string of the molecule is CCn1c(-c2ccc(Cl)cc2)c(C)sc1=NC(=O)c1cccc2ccccc12. The van der Waals surface area contributed by atoms with E-state index in [1.54, 1.807) is 0 Å². The molecule has 0 aliphatic carbocycles. The van der Waals surface area contributed by atoms with Crippen LogP contribution in [0.3, 0.4) is 0 Å². The maximum absolute atomic E-state index is 13.0. The van der Waals surface area contributed by atoms with E-state index in [0.29, 0.717) is 15.4 Å². The van der Waals surface area contributed by atoms with Crippen molar-refractivity contribution in [2.75, 3.05) is 0 Å². The fourth-order valence-electron chi connectivity index (χ4n) is 3.43. The third kappa shape index (κ3) is 3.41. The predicted molar refractivity (Wildman–Crippen MR) is 117 cm³/mol. The van der Waals surface area contributed by atoms with Crippen LogP contribution in [0.1, 0.15) is 22.2 Å². The summed E-state index contributed by atoms with van der Waals surface area (Å²) in [5.74, 6) is -0.220. The monoisotopic (exact) mass is 406 g/mol. The molecule has 0 aliphatic rings. The smallest absolute Gasteiger partial charge is 0.280 e. The standard InChI is InChI=1S/C23H19ClN2OS/c1-3-26-21(17-11-13-18(24)14-12-17)15(2)28-23(26)25-22(27)20-10-6-8-16-7-4-5-9-19(16)20/h4-14H,3H2,1-2H3. The van der Waals surface area contributed by atoms with Crippen molar-refractivity contribution < 1.29 is 4.79 Å². The van der Waals surface area contributed by atoms with Gasteiger partial charge >= 0.3 is 0 Å². The van der Waals surface area contributed by atoms with Gasteiger partial charge in [-0.25, -0.2) is 0 Å². The molecule has 0 aliphatic heterocycles. The molecule has 3 nitrogen and oxygen atoms in total. The minimum Gasteiger partial charge on any atom is -0.316 e. The van der Waals surface area contributed by atoms with Gasteiger partial charge in [0.15, 0.2) is 4.80 Å². The Labute approximate surface area is 172 Å². The Hall–Kier alpha value is -2.69. The second kappa shape index (κ2) is 7.74. The summed E-state index contributed by atoms with van der Waals surface area (Å²) in [6.07, 6.45) is 0. The normalized spacial score (nSPS) is 11.9. The number of hydrogen-bond donors (Lipinski definition) is 0. The Morgan fingerprint density at radius 3 is 2.50 bits per heavy atom. The minimum absolute atomic E-state index is 0.220. The van der Waals surface area contributed by atoms with Crippen molar-refractivity contribution >= 4 is 39.6 Å². The van der Waals surface area contributed by atoms with E-state index >= 15 is 0 Å². The Morgan fingerprint density at radius 2 is 1.75 bits per heavy atom. The molecule has 1 amide bonds. The lowest BCUT2D eigenvalue weighted by molar-refractivity contribution is 0.0999. The maximum atomic E-state index is 13.0. The number of rotatable bonds is 3. The van der Waals surface area contributed by atoms with Gasteiger partial charge in [-0.05, 0) is 48.4 Å². The lowest BCUT2D eigenvalue weighted by Gasteiger charge is -2.08. The quantitative estimate of drug-likeness (QED) is 0.405. The Bertz CT molecular complexity index is 1230. The molecule has 0 unspecified atom stereocenters. The molecule has 0 saturated carbocycles. The van der Waals surface area contributed by atoms with E-state index in [1.165, 1.54) is 11.3 Å². The van der Waals surface area contributed by atoms with Crippen molar-refractivity contribution in [2.45, 2.75) is 20.4 Å². The van der Waals surface area contributed by atoms with Crippen LogP contribution in [0.2, 0.25) is 5.02 Å². The van der Waals surface area contributed by atoms with E-state index in [-0.39, 0.29) is 5.91 Å². The summed E-state index contributed by atoms with van der Waals surface area (Å²) in [5.41, 5.74) is 2.77. The van der Waals surface area contributed by atoms with Crippen LogP contribution in [-0.4, -0.2) is 10.5 Å². The first kappa shape index (κ1) is 18.7. The molecule has 1 aromatic heterocycles. The molecule has 1 heterocycles. The molecule has 0 spiro atoms. The molecule has 0 saturated heterocycles. The molecular formula is C23H19ClN2OS. The van der Waals surface area contributed by atoms with Crippen molar-refractivity contribution in [1.82, 2.24) is 4.57 Å². The summed E-state index contributed by atoms with van der Waals surface area (Å²) in [6, 6.07) is 21.4. The average molecular weight is 407 g/mol. The highest BCUT2D eigenvalue weighted by Gasteiger charge is 2.14. The zero-order valence-corrected chi connectivity index (χ0v) is 17.2. The van der Waals surface area contributed by atoms with E-state index in [2.05, 4.69) is 23.4 Å². The van der Waals surface area contributed by atoms with Gasteiger partial charge in [-0.1, -0.05) is 60.1 Å². The zero-order chi connectivity index (χ0) is 19.7. The van der Waals surface area contributed by atoms with Crippen LogP contribution < -0.4 is 4.80 Å². The lowest BCUT2D eigenvalue weighted by Crippen LogP contribution is -2.17. The summed E-state index contributed by atoms with van der Waals surface area (Å²) in [4.78, 5) is 19.3. The largest absolute Gasteiger partial charge is 0.316 e. The summed E-state index contributed by atoms with van der Waals surface area (Å²) in [5, 5.41) is 2.67. The van der Waals surface area contributed by atoms with Gasteiger partial charge in [-0.2, -0.15) is 4.99 Å². The van der Waals surface area contributed by atoms with Crippen molar-refractivity contribution in [3.8, 4) is 11.3 Å². The zero-order valence-electron chi connectivity index (χ0n) is 15.6. The molecular weight excluding hydrogens is 388 g/mol. The first-order chi connectivity index (χ1) is 13.6. The fraction of sp³-hybridized carbons (Fsp3) is 0.130. The maximum Gasteiger partial charge on any atom is 0.280 e. The molecule has 4 rings (SSSR count). The van der Waals surface area contributed by atoms with Gasteiger partial charge in [0, 0.05) is 22.0 Å². The van der Waals surface area contributed by atoms with E-state index < -0.39 is 0 Å². The Balaban J connectivity index is 1.85. The number of halogens is 1.